The van der Waals surface area contributed by atoms with E-state index >= 15 is 0 Å². The van der Waals surface area contributed by atoms with E-state index < -0.39 is 0 Å². The highest BCUT2D eigenvalue weighted by atomic mass is 32.2. The quantitative estimate of drug-likeness (QED) is 0.584. The van der Waals surface area contributed by atoms with Crippen LogP contribution in [0.4, 0.5) is 0 Å². The minimum atomic E-state index is -0.368. The molecule has 0 N–H and O–H groups in total. The number of aryl methyl sites for hydroxylation is 1. The molecule has 0 radical (unpaired) electrons. The molecule has 28 heavy (non-hydrogen) atoms. The molecule has 0 fully saturated rings. The number of aromatic nitrogens is 1. The highest BCUT2D eigenvalue weighted by Crippen LogP contribution is 2.31. The lowest BCUT2D eigenvalue weighted by Gasteiger charge is -2.10. The number of thiazole rings is 1. The predicted octanol–water partition coefficient (Wildman–Crippen LogP) is 3.83. The Bertz CT molecular complexity index is 1060. The average Bonchev–Trinajstić information content (AvgIpc) is 3.07. The van der Waals surface area contributed by atoms with Crippen LogP contribution in [0.3, 0.4) is 0 Å². The van der Waals surface area contributed by atoms with E-state index in [1.807, 2.05) is 18.2 Å². The summed E-state index contributed by atoms with van der Waals surface area (Å²) in [7, 11) is 4.69. The number of nitrogens with zero attached hydrogens (tertiary/aromatic N) is 2. The summed E-state index contributed by atoms with van der Waals surface area (Å²) in [6, 6.07) is 11.1. The maximum absolute atomic E-state index is 12.9. The number of thioether (sulfide) groups is 1. The van der Waals surface area contributed by atoms with E-state index in [0.29, 0.717) is 21.9 Å². The number of carbonyl (C=O) groups excluding carboxylic acids is 1. The van der Waals surface area contributed by atoms with Crippen LogP contribution in [-0.2, 0) is 6.54 Å². The number of methoxy groups -OCH3 is 3. The molecule has 0 spiro atoms. The number of hydrogen-bond acceptors (Lipinski definition) is 6. The Balaban J connectivity index is 2.14. The Kier molecular flexibility index (Phi) is 6.64. The molecule has 1 amide bonds. The SMILES string of the molecule is COc1ccc2c(c1)sc(=NC(=O)c1cccc(OC)c1OC)n2CCSC. The van der Waals surface area contributed by atoms with Crippen molar-refractivity contribution in [2.45, 2.75) is 6.54 Å². The molecule has 3 aromatic rings. The summed E-state index contributed by atoms with van der Waals surface area (Å²) >= 11 is 3.21. The number of rotatable bonds is 7. The normalized spacial score (nSPS) is 11.6. The Hall–Kier alpha value is -2.45. The molecule has 0 aliphatic rings. The third-order valence-electron chi connectivity index (χ3n) is 4.24. The van der Waals surface area contributed by atoms with Gasteiger partial charge >= 0.3 is 0 Å². The van der Waals surface area contributed by atoms with Gasteiger partial charge in [-0.05, 0) is 36.6 Å². The maximum atomic E-state index is 12.9. The summed E-state index contributed by atoms with van der Waals surface area (Å²) in [5.74, 6) is 2.21. The zero-order valence-electron chi connectivity index (χ0n) is 16.2. The second-order valence-electron chi connectivity index (χ2n) is 5.82. The van der Waals surface area contributed by atoms with Gasteiger partial charge in [0.05, 0.1) is 37.1 Å². The molecular formula is C20H22N2O4S2. The Morgan fingerprint density at radius 3 is 2.64 bits per heavy atom. The van der Waals surface area contributed by atoms with Crippen LogP contribution >= 0.6 is 23.1 Å². The third kappa shape index (κ3) is 4.02. The molecule has 6 nitrogen and oxygen atoms in total. The van der Waals surface area contributed by atoms with Crippen LogP contribution < -0.4 is 19.0 Å². The van der Waals surface area contributed by atoms with Crippen LogP contribution in [0.1, 0.15) is 10.4 Å². The van der Waals surface area contributed by atoms with Crippen molar-refractivity contribution in [2.24, 2.45) is 4.99 Å². The van der Waals surface area contributed by atoms with Crippen molar-refractivity contribution >= 4 is 39.2 Å². The first-order valence-electron chi connectivity index (χ1n) is 8.59. The largest absolute Gasteiger partial charge is 0.497 e. The fourth-order valence-electron chi connectivity index (χ4n) is 2.87. The average molecular weight is 419 g/mol. The molecule has 2 aromatic carbocycles. The lowest BCUT2D eigenvalue weighted by atomic mass is 10.2. The summed E-state index contributed by atoms with van der Waals surface area (Å²) < 4.78 is 19.1. The van der Waals surface area contributed by atoms with Gasteiger partial charge in [0.15, 0.2) is 16.3 Å². The van der Waals surface area contributed by atoms with Crippen molar-refractivity contribution in [3.63, 3.8) is 0 Å². The van der Waals surface area contributed by atoms with Crippen molar-refractivity contribution in [3.8, 4) is 17.2 Å². The number of benzene rings is 2. The van der Waals surface area contributed by atoms with Crippen molar-refractivity contribution in [2.75, 3.05) is 33.3 Å². The van der Waals surface area contributed by atoms with Crippen LogP contribution in [0.5, 0.6) is 17.2 Å². The first kappa shape index (κ1) is 20.3. The van der Waals surface area contributed by atoms with Crippen molar-refractivity contribution < 1.29 is 19.0 Å². The lowest BCUT2D eigenvalue weighted by molar-refractivity contribution is 0.0994. The summed E-state index contributed by atoms with van der Waals surface area (Å²) in [5.41, 5.74) is 1.40. The number of hydrogen-bond donors (Lipinski definition) is 0. The Morgan fingerprint density at radius 1 is 1.14 bits per heavy atom. The van der Waals surface area contributed by atoms with Gasteiger partial charge in [0.2, 0.25) is 0 Å². The smallest absolute Gasteiger partial charge is 0.283 e. The van der Waals surface area contributed by atoms with Gasteiger partial charge in [-0.25, -0.2) is 0 Å². The summed E-state index contributed by atoms with van der Waals surface area (Å²) in [6.07, 6.45) is 2.06. The second kappa shape index (κ2) is 9.16. The van der Waals surface area contributed by atoms with E-state index in [2.05, 4.69) is 15.8 Å². The van der Waals surface area contributed by atoms with Gasteiger partial charge in [0.1, 0.15) is 5.75 Å². The van der Waals surface area contributed by atoms with Gasteiger partial charge in [0, 0.05) is 12.3 Å². The predicted molar refractivity (Wildman–Crippen MR) is 114 cm³/mol. The minimum absolute atomic E-state index is 0.368. The molecule has 1 heterocycles. The zero-order chi connectivity index (χ0) is 20.1. The number of para-hydroxylation sites is 1. The molecule has 0 saturated heterocycles. The highest BCUT2D eigenvalue weighted by molar-refractivity contribution is 7.98. The summed E-state index contributed by atoms with van der Waals surface area (Å²) in [4.78, 5) is 18.0. The standard InChI is InChI=1S/C20H22N2O4S2/c1-24-13-8-9-15-17(12-13)28-20(22(15)10-11-27-4)21-19(23)14-6-5-7-16(25-2)18(14)26-3/h5-9,12H,10-11H2,1-4H3. The molecule has 0 aliphatic heterocycles. The molecule has 0 aliphatic carbocycles. The molecular weight excluding hydrogens is 396 g/mol. The van der Waals surface area contributed by atoms with E-state index in [-0.39, 0.29) is 5.91 Å². The number of fused-ring (bicyclic) bond motifs is 1. The van der Waals surface area contributed by atoms with Crippen LogP contribution in [0.25, 0.3) is 10.2 Å². The summed E-state index contributed by atoms with van der Waals surface area (Å²) in [5, 5.41) is 0. The second-order valence-corrected chi connectivity index (χ2v) is 7.82. The number of ether oxygens (including phenoxy) is 3. The van der Waals surface area contributed by atoms with Gasteiger partial charge in [-0.2, -0.15) is 16.8 Å². The van der Waals surface area contributed by atoms with Gasteiger partial charge in [-0.1, -0.05) is 17.4 Å². The number of carbonyl (C=O) groups is 1. The van der Waals surface area contributed by atoms with Crippen LogP contribution in [0.2, 0.25) is 0 Å². The van der Waals surface area contributed by atoms with Gasteiger partial charge in [-0.15, -0.1) is 0 Å². The first-order valence-corrected chi connectivity index (χ1v) is 10.8. The van der Waals surface area contributed by atoms with E-state index in [1.54, 1.807) is 44.2 Å². The Morgan fingerprint density at radius 2 is 1.96 bits per heavy atom. The van der Waals surface area contributed by atoms with Crippen molar-refractivity contribution in [1.82, 2.24) is 4.57 Å². The maximum Gasteiger partial charge on any atom is 0.283 e. The van der Waals surface area contributed by atoms with Crippen LogP contribution in [-0.4, -0.2) is 43.8 Å². The van der Waals surface area contributed by atoms with E-state index in [0.717, 1.165) is 28.3 Å². The van der Waals surface area contributed by atoms with Gasteiger partial charge in [0.25, 0.3) is 5.91 Å². The van der Waals surface area contributed by atoms with Gasteiger partial charge < -0.3 is 18.8 Å². The molecule has 1 aromatic heterocycles. The molecule has 0 atom stereocenters. The third-order valence-corrected chi connectivity index (χ3v) is 5.87. The summed E-state index contributed by atoms with van der Waals surface area (Å²) in [6.45, 7) is 0.759. The molecule has 148 valence electrons. The van der Waals surface area contributed by atoms with Crippen LogP contribution in [0, 0.1) is 0 Å². The molecule has 0 saturated carbocycles. The van der Waals surface area contributed by atoms with Crippen LogP contribution in [0.15, 0.2) is 41.4 Å². The number of amides is 1. The minimum Gasteiger partial charge on any atom is -0.497 e. The molecule has 3 rings (SSSR count). The topological polar surface area (TPSA) is 62.1 Å². The molecule has 0 bridgehead atoms. The monoisotopic (exact) mass is 418 g/mol. The highest BCUT2D eigenvalue weighted by Gasteiger charge is 2.17. The molecule has 8 heteroatoms. The zero-order valence-corrected chi connectivity index (χ0v) is 17.9. The van der Waals surface area contributed by atoms with Crippen molar-refractivity contribution in [3.05, 3.63) is 46.8 Å². The fourth-order valence-corrected chi connectivity index (χ4v) is 4.32. The van der Waals surface area contributed by atoms with Gasteiger partial charge in [-0.3, -0.25) is 4.79 Å². The first-order chi connectivity index (χ1) is 13.6. The van der Waals surface area contributed by atoms with E-state index in [1.165, 1.54) is 18.4 Å². The fraction of sp³-hybridized carbons (Fsp3) is 0.300. The lowest BCUT2D eigenvalue weighted by Crippen LogP contribution is -2.18. The van der Waals surface area contributed by atoms with Crippen molar-refractivity contribution in [1.29, 1.82) is 0 Å². The van der Waals surface area contributed by atoms with E-state index in [9.17, 15) is 4.79 Å². The molecule has 0 unspecified atom stereocenters. The van der Waals surface area contributed by atoms with E-state index in [4.69, 9.17) is 14.2 Å². The Labute approximate surface area is 171 Å².